The van der Waals surface area contributed by atoms with Gasteiger partial charge in [0.15, 0.2) is 0 Å². The zero-order valence-corrected chi connectivity index (χ0v) is 18.9. The zero-order chi connectivity index (χ0) is 23.6. The number of ether oxygens (including phenoxy) is 2. The van der Waals surface area contributed by atoms with E-state index in [-0.39, 0.29) is 27.9 Å². The summed E-state index contributed by atoms with van der Waals surface area (Å²) in [5.41, 5.74) is 0.633. The molecule has 0 radical (unpaired) electrons. The zero-order valence-electron chi connectivity index (χ0n) is 18.1. The van der Waals surface area contributed by atoms with Crippen LogP contribution >= 0.6 is 0 Å². The van der Waals surface area contributed by atoms with Crippen LogP contribution in [0.3, 0.4) is 0 Å². The van der Waals surface area contributed by atoms with Crippen molar-refractivity contribution in [1.29, 1.82) is 0 Å². The molecule has 3 aromatic rings. The fourth-order valence-electron chi connectivity index (χ4n) is 3.54. The lowest BCUT2D eigenvalue weighted by molar-refractivity contribution is -0.114. The maximum absolute atomic E-state index is 13.3. The highest BCUT2D eigenvalue weighted by Crippen LogP contribution is 2.35. The summed E-state index contributed by atoms with van der Waals surface area (Å²) in [5, 5.41) is 3.00. The topological polar surface area (TPSA) is 127 Å². The van der Waals surface area contributed by atoms with Gasteiger partial charge in [0.05, 0.1) is 30.9 Å². The van der Waals surface area contributed by atoms with Gasteiger partial charge in [-0.15, -0.1) is 0 Å². The van der Waals surface area contributed by atoms with E-state index in [1.807, 2.05) is 0 Å². The average Bonchev–Trinajstić information content (AvgIpc) is 3.16. The largest absolute Gasteiger partial charge is 0.495 e. The van der Waals surface area contributed by atoms with Crippen LogP contribution in [0.5, 0.6) is 5.75 Å². The molecule has 0 saturated carbocycles. The number of amides is 2. The van der Waals surface area contributed by atoms with Crippen LogP contribution in [-0.2, 0) is 19.6 Å². The van der Waals surface area contributed by atoms with Crippen LogP contribution in [0.1, 0.15) is 17.5 Å². The van der Waals surface area contributed by atoms with Crippen molar-refractivity contribution in [3.63, 3.8) is 0 Å². The number of para-hydroxylation sites is 1. The molecular formula is C22H23N3O7S. The first kappa shape index (κ1) is 22.6. The fourth-order valence-corrected chi connectivity index (χ4v) is 4.65. The predicted octanol–water partition coefficient (Wildman–Crippen LogP) is 2.67. The van der Waals surface area contributed by atoms with Gasteiger partial charge in [0.25, 0.3) is 15.9 Å². The number of hydrogen-bond acceptors (Lipinski definition) is 7. The summed E-state index contributed by atoms with van der Waals surface area (Å²) in [6.45, 7) is 2.84. The molecule has 0 bridgehead atoms. The van der Waals surface area contributed by atoms with Gasteiger partial charge in [0, 0.05) is 25.4 Å². The van der Waals surface area contributed by atoms with E-state index in [2.05, 4.69) is 10.0 Å². The van der Waals surface area contributed by atoms with E-state index in [1.165, 1.54) is 32.2 Å². The number of carbonyl (C=O) groups excluding carboxylic acids is 2. The first-order valence-electron chi connectivity index (χ1n) is 10.2. The molecule has 2 aromatic carbocycles. The number of rotatable bonds is 6. The molecule has 174 valence electrons. The molecule has 33 heavy (non-hydrogen) atoms. The van der Waals surface area contributed by atoms with Crippen molar-refractivity contribution in [1.82, 2.24) is 4.90 Å². The monoisotopic (exact) mass is 473 g/mol. The highest BCUT2D eigenvalue weighted by Gasteiger charge is 2.29. The predicted molar refractivity (Wildman–Crippen MR) is 121 cm³/mol. The average molecular weight is 474 g/mol. The Balaban J connectivity index is 1.75. The third-order valence-electron chi connectivity index (χ3n) is 5.12. The Bertz CT molecular complexity index is 1310. The highest BCUT2D eigenvalue weighted by atomic mass is 32.2. The van der Waals surface area contributed by atoms with Crippen molar-refractivity contribution in [2.45, 2.75) is 11.8 Å². The van der Waals surface area contributed by atoms with Gasteiger partial charge < -0.3 is 24.1 Å². The molecule has 0 aliphatic carbocycles. The van der Waals surface area contributed by atoms with Crippen LogP contribution in [0.15, 0.2) is 51.8 Å². The molecule has 10 nitrogen and oxygen atoms in total. The molecule has 1 fully saturated rings. The van der Waals surface area contributed by atoms with E-state index >= 15 is 0 Å². The van der Waals surface area contributed by atoms with Gasteiger partial charge in [-0.3, -0.25) is 14.3 Å². The van der Waals surface area contributed by atoms with Gasteiger partial charge >= 0.3 is 0 Å². The molecule has 2 N–H and O–H groups in total. The van der Waals surface area contributed by atoms with Crippen molar-refractivity contribution in [3.05, 3.63) is 48.2 Å². The van der Waals surface area contributed by atoms with Crippen molar-refractivity contribution < 1.29 is 31.9 Å². The van der Waals surface area contributed by atoms with E-state index in [9.17, 15) is 18.0 Å². The third-order valence-corrected chi connectivity index (χ3v) is 6.46. The Morgan fingerprint density at radius 3 is 2.52 bits per heavy atom. The second kappa shape index (κ2) is 9.12. The summed E-state index contributed by atoms with van der Waals surface area (Å²) in [4.78, 5) is 26.1. The number of nitrogens with zero attached hydrogens (tertiary/aromatic N) is 1. The molecule has 11 heteroatoms. The number of fused-ring (bicyclic) bond motifs is 1. The molecular weight excluding hydrogens is 450 g/mol. The minimum absolute atomic E-state index is 0.0546. The summed E-state index contributed by atoms with van der Waals surface area (Å²) in [5.74, 6) is -0.603. The van der Waals surface area contributed by atoms with E-state index in [1.54, 1.807) is 29.2 Å². The van der Waals surface area contributed by atoms with Gasteiger partial charge in [0.1, 0.15) is 17.0 Å². The number of morpholine rings is 1. The second-order valence-electron chi connectivity index (χ2n) is 7.36. The molecule has 0 atom stereocenters. The molecule has 2 amide bonds. The van der Waals surface area contributed by atoms with Gasteiger partial charge in [0.2, 0.25) is 11.7 Å². The number of hydrogen-bond donors (Lipinski definition) is 2. The molecule has 1 aliphatic heterocycles. The van der Waals surface area contributed by atoms with E-state index < -0.39 is 15.9 Å². The number of carbonyl (C=O) groups is 2. The number of benzene rings is 2. The van der Waals surface area contributed by atoms with Crippen LogP contribution in [0, 0.1) is 0 Å². The molecule has 0 spiro atoms. The third kappa shape index (κ3) is 4.64. The van der Waals surface area contributed by atoms with Crippen LogP contribution in [0.2, 0.25) is 0 Å². The maximum Gasteiger partial charge on any atom is 0.291 e. The van der Waals surface area contributed by atoms with Gasteiger partial charge in [-0.1, -0.05) is 12.1 Å². The number of methoxy groups -OCH3 is 1. The second-order valence-corrected chi connectivity index (χ2v) is 9.04. The lowest BCUT2D eigenvalue weighted by atomic mass is 10.2. The minimum Gasteiger partial charge on any atom is -0.495 e. The van der Waals surface area contributed by atoms with Crippen molar-refractivity contribution in [2.75, 3.05) is 43.5 Å². The first-order chi connectivity index (χ1) is 15.8. The van der Waals surface area contributed by atoms with Crippen molar-refractivity contribution in [2.24, 2.45) is 0 Å². The van der Waals surface area contributed by atoms with Crippen LogP contribution in [0.4, 0.5) is 11.4 Å². The van der Waals surface area contributed by atoms with Crippen molar-refractivity contribution in [3.8, 4) is 5.75 Å². The van der Waals surface area contributed by atoms with Gasteiger partial charge in [-0.05, 0) is 30.3 Å². The number of anilines is 2. The first-order valence-corrected chi connectivity index (χ1v) is 11.7. The molecule has 1 aromatic heterocycles. The Labute approximate surface area is 190 Å². The number of furan rings is 1. The molecule has 1 aliphatic rings. The smallest absolute Gasteiger partial charge is 0.291 e. The Morgan fingerprint density at radius 2 is 1.82 bits per heavy atom. The van der Waals surface area contributed by atoms with Crippen LogP contribution < -0.4 is 14.8 Å². The summed E-state index contributed by atoms with van der Waals surface area (Å²) in [7, 11) is -2.75. The quantitative estimate of drug-likeness (QED) is 0.563. The molecule has 1 saturated heterocycles. The highest BCUT2D eigenvalue weighted by molar-refractivity contribution is 7.92. The lowest BCUT2D eigenvalue weighted by Gasteiger charge is -2.26. The summed E-state index contributed by atoms with van der Waals surface area (Å²) in [6, 6.07) is 10.9. The van der Waals surface area contributed by atoms with Crippen molar-refractivity contribution >= 4 is 44.2 Å². The minimum atomic E-state index is -4.16. The summed E-state index contributed by atoms with van der Waals surface area (Å²) >= 11 is 0. The van der Waals surface area contributed by atoms with Gasteiger partial charge in [-0.25, -0.2) is 8.42 Å². The fraction of sp³-hybridized carbons (Fsp3) is 0.273. The summed E-state index contributed by atoms with van der Waals surface area (Å²) in [6.07, 6.45) is 0. The Morgan fingerprint density at radius 1 is 1.09 bits per heavy atom. The van der Waals surface area contributed by atoms with E-state index in [0.717, 1.165) is 0 Å². The summed E-state index contributed by atoms with van der Waals surface area (Å²) < 4.78 is 45.3. The van der Waals surface area contributed by atoms with Crippen LogP contribution in [0.25, 0.3) is 11.0 Å². The number of nitrogens with one attached hydrogen (secondary N) is 2. The lowest BCUT2D eigenvalue weighted by Crippen LogP contribution is -2.40. The SMILES string of the molecule is COc1ccc(S(=O)(=O)Nc2c(C(=O)N3CCOCC3)oc3ccccc23)cc1NC(C)=O. The van der Waals surface area contributed by atoms with Crippen LogP contribution in [-0.4, -0.2) is 58.5 Å². The molecule has 0 unspecified atom stereocenters. The van der Waals surface area contributed by atoms with E-state index in [4.69, 9.17) is 13.9 Å². The molecule has 4 rings (SSSR count). The maximum atomic E-state index is 13.3. The number of sulfonamides is 1. The Kier molecular flexibility index (Phi) is 6.25. The van der Waals surface area contributed by atoms with E-state index in [0.29, 0.717) is 43.0 Å². The normalized spacial score (nSPS) is 14.2. The molecule has 2 heterocycles. The standard InChI is InChI=1S/C22H23N3O7S/c1-14(26)23-17-13-15(7-8-19(17)30-2)33(28,29)24-20-16-5-3-4-6-18(16)32-21(20)22(27)25-9-11-31-12-10-25/h3-8,13,24H,9-12H2,1-2H3,(H,23,26). The Hall–Kier alpha value is -3.57. The van der Waals surface area contributed by atoms with Gasteiger partial charge in [-0.2, -0.15) is 0 Å².